The summed E-state index contributed by atoms with van der Waals surface area (Å²) in [6.07, 6.45) is 11.2. The fraction of sp³-hybridized carbons (Fsp3) is 0.783. The molecule has 0 saturated heterocycles. The molecule has 158 valence electrons. The summed E-state index contributed by atoms with van der Waals surface area (Å²) < 4.78 is 11.7. The van der Waals surface area contributed by atoms with Crippen molar-refractivity contribution in [2.75, 3.05) is 7.11 Å². The maximum absolute atomic E-state index is 12.0. The van der Waals surface area contributed by atoms with Gasteiger partial charge in [0.05, 0.1) is 0 Å². The van der Waals surface area contributed by atoms with E-state index in [0.29, 0.717) is 0 Å². The van der Waals surface area contributed by atoms with Crippen LogP contribution in [-0.2, 0) is 9.53 Å². The van der Waals surface area contributed by atoms with Gasteiger partial charge in [0.2, 0.25) is 0 Å². The zero-order valence-corrected chi connectivity index (χ0v) is 21.8. The molecule has 0 fully saturated rings. The summed E-state index contributed by atoms with van der Waals surface area (Å²) in [5.74, 6) is -0.380. The summed E-state index contributed by atoms with van der Waals surface area (Å²) in [6, 6.07) is 0. The first-order chi connectivity index (χ1) is 12.7. The van der Waals surface area contributed by atoms with Crippen LogP contribution in [0.3, 0.4) is 0 Å². The van der Waals surface area contributed by atoms with E-state index in [2.05, 4.69) is 30.9 Å². The Labute approximate surface area is 172 Å². The van der Waals surface area contributed by atoms with Crippen LogP contribution in [0.5, 0.6) is 0 Å². The number of esters is 1. The van der Waals surface area contributed by atoms with Gasteiger partial charge in [-0.1, -0.05) is 0 Å². The van der Waals surface area contributed by atoms with Gasteiger partial charge in [-0.2, -0.15) is 0 Å². The molecule has 0 bridgehead atoms. The van der Waals surface area contributed by atoms with Gasteiger partial charge in [-0.25, -0.2) is 0 Å². The predicted molar refractivity (Wildman–Crippen MR) is 120 cm³/mol. The van der Waals surface area contributed by atoms with E-state index in [0.717, 1.165) is 5.57 Å². The normalized spacial score (nSPS) is 14.6. The van der Waals surface area contributed by atoms with E-state index in [4.69, 9.17) is 4.74 Å². The fourth-order valence-electron chi connectivity index (χ4n) is 3.65. The van der Waals surface area contributed by atoms with E-state index in [1.165, 1.54) is 58.9 Å². The molecule has 0 aliphatic heterocycles. The molecule has 0 heterocycles. The number of aliphatic hydroxyl groups excluding tert-OH is 1. The Morgan fingerprint density at radius 2 is 1.48 bits per heavy atom. The van der Waals surface area contributed by atoms with Gasteiger partial charge in [0.1, 0.15) is 0 Å². The Bertz CT molecular complexity index is 458. The number of hydrogen-bond acceptors (Lipinski definition) is 3. The number of carbonyl (C=O) groups excluding carboxylic acids is 1. The average molecular weight is 487 g/mol. The van der Waals surface area contributed by atoms with Crippen molar-refractivity contribution in [1.29, 1.82) is 0 Å². The second-order valence-electron chi connectivity index (χ2n) is 8.56. The van der Waals surface area contributed by atoms with Gasteiger partial charge in [-0.15, -0.1) is 0 Å². The van der Waals surface area contributed by atoms with E-state index < -0.39 is 29.9 Å². The van der Waals surface area contributed by atoms with Crippen molar-refractivity contribution < 1.29 is 14.6 Å². The third-order valence-corrected chi connectivity index (χ3v) is 19.8. The second-order valence-corrected chi connectivity index (χ2v) is 21.6. The maximum atomic E-state index is 12.0. The first kappa shape index (κ1) is 26.7. The molecule has 4 heteroatoms. The molecule has 3 nitrogen and oxygen atoms in total. The van der Waals surface area contributed by atoms with Crippen LogP contribution in [0.25, 0.3) is 0 Å². The third kappa shape index (κ3) is 9.16. The van der Waals surface area contributed by atoms with Crippen LogP contribution in [0, 0.1) is 5.41 Å². The van der Waals surface area contributed by atoms with Crippen LogP contribution in [0.1, 0.15) is 80.1 Å². The quantitative estimate of drug-likeness (QED) is 0.174. The predicted octanol–water partition coefficient (Wildman–Crippen LogP) is 6.44. The van der Waals surface area contributed by atoms with Crippen molar-refractivity contribution >= 4 is 24.3 Å². The standard InChI is InChI=1S/C11H17O3.3C4H9.Sn/c1-6-7-8(2)9(12)11(3,4)10(13)14-5;3*1-3-4-2;/h1,6-7,9,12H,2-5H3;3*1,3-4H2,2H3;/b6-1?,8-7-;;;;. The van der Waals surface area contributed by atoms with Crippen LogP contribution in [-0.4, -0.2) is 42.7 Å². The minimum absolute atomic E-state index is 0.380. The third-order valence-electron chi connectivity index (χ3n) is 5.72. The van der Waals surface area contributed by atoms with Gasteiger partial charge in [0, 0.05) is 0 Å². The Morgan fingerprint density at radius 3 is 1.85 bits per heavy atom. The van der Waals surface area contributed by atoms with Crippen LogP contribution < -0.4 is 0 Å². The topological polar surface area (TPSA) is 46.5 Å². The van der Waals surface area contributed by atoms with E-state index in [1.807, 2.05) is 13.0 Å². The fourth-order valence-corrected chi connectivity index (χ4v) is 17.7. The second kappa shape index (κ2) is 13.8. The van der Waals surface area contributed by atoms with Crippen molar-refractivity contribution in [3.8, 4) is 0 Å². The summed E-state index contributed by atoms with van der Waals surface area (Å²) in [5.41, 5.74) is -0.112. The van der Waals surface area contributed by atoms with Gasteiger partial charge >= 0.3 is 173 Å². The number of unbranched alkanes of at least 4 members (excludes halogenated alkanes) is 3. The Balaban J connectivity index is 5.44. The molecule has 0 aliphatic rings. The molecule has 0 amide bonds. The SMILES string of the molecule is CCC[CH2][Sn](/[CH]=C\C=C(\C)C(O)C(C)(C)C(=O)OC)([CH2]CCC)[CH2]CCC. The van der Waals surface area contributed by atoms with Crippen molar-refractivity contribution in [2.24, 2.45) is 5.41 Å². The molecule has 0 aromatic carbocycles. The molecule has 1 N–H and O–H groups in total. The molecular weight excluding hydrogens is 443 g/mol. The number of hydrogen-bond donors (Lipinski definition) is 1. The Hall–Kier alpha value is -0.291. The van der Waals surface area contributed by atoms with Crippen LogP contribution in [0.15, 0.2) is 21.8 Å². The molecule has 0 saturated carbocycles. The minimum atomic E-state index is -2.30. The van der Waals surface area contributed by atoms with Crippen molar-refractivity contribution in [1.82, 2.24) is 0 Å². The number of carbonyl (C=O) groups is 1. The van der Waals surface area contributed by atoms with Gasteiger partial charge in [0.25, 0.3) is 0 Å². The molecule has 1 unspecified atom stereocenters. The van der Waals surface area contributed by atoms with Gasteiger partial charge in [0.15, 0.2) is 0 Å². The molecule has 1 atom stereocenters. The van der Waals surface area contributed by atoms with Gasteiger partial charge < -0.3 is 0 Å². The summed E-state index contributed by atoms with van der Waals surface area (Å²) in [6.45, 7) is 12.2. The molecule has 0 radical (unpaired) electrons. The summed E-state index contributed by atoms with van der Waals surface area (Å²) >= 11 is -2.30. The number of rotatable bonds is 14. The van der Waals surface area contributed by atoms with Crippen LogP contribution in [0.2, 0.25) is 13.3 Å². The summed E-state index contributed by atoms with van der Waals surface area (Å²) in [7, 11) is 1.37. The van der Waals surface area contributed by atoms with Crippen LogP contribution in [0.4, 0.5) is 0 Å². The molecule has 0 rings (SSSR count). The number of aliphatic hydroxyl groups is 1. The van der Waals surface area contributed by atoms with Crippen LogP contribution >= 0.6 is 0 Å². The van der Waals surface area contributed by atoms with Crippen molar-refractivity contribution in [3.63, 3.8) is 0 Å². The monoisotopic (exact) mass is 488 g/mol. The first-order valence-corrected chi connectivity index (χ1v) is 18.5. The molecule has 27 heavy (non-hydrogen) atoms. The molecule has 0 spiro atoms. The van der Waals surface area contributed by atoms with Crippen molar-refractivity contribution in [2.45, 2.75) is 99.5 Å². The average Bonchev–Trinajstić information content (AvgIpc) is 2.67. The van der Waals surface area contributed by atoms with E-state index in [9.17, 15) is 9.90 Å². The van der Waals surface area contributed by atoms with Gasteiger partial charge in [-0.3, -0.25) is 0 Å². The Morgan fingerprint density at radius 1 is 1.04 bits per heavy atom. The zero-order chi connectivity index (χ0) is 20.9. The van der Waals surface area contributed by atoms with Gasteiger partial charge in [-0.05, 0) is 0 Å². The molecule has 0 aromatic heterocycles. The number of ether oxygens (including phenoxy) is 1. The molecular formula is C23H44O3Sn. The van der Waals surface area contributed by atoms with E-state index in [1.54, 1.807) is 13.8 Å². The van der Waals surface area contributed by atoms with E-state index in [-0.39, 0.29) is 5.97 Å². The zero-order valence-electron chi connectivity index (χ0n) is 18.9. The summed E-state index contributed by atoms with van der Waals surface area (Å²) in [5, 5.41) is 10.6. The molecule has 0 aliphatic carbocycles. The first-order valence-electron chi connectivity index (χ1n) is 10.8. The summed E-state index contributed by atoms with van der Waals surface area (Å²) in [4.78, 5) is 12.0. The van der Waals surface area contributed by atoms with Crippen molar-refractivity contribution in [3.05, 3.63) is 21.8 Å². The Kier molecular flexibility index (Phi) is 13.7. The molecule has 0 aromatic rings. The van der Waals surface area contributed by atoms with E-state index >= 15 is 0 Å². The number of methoxy groups -OCH3 is 1. The number of allylic oxidation sites excluding steroid dienone is 2.